The molecule has 0 bridgehead atoms. The van der Waals surface area contributed by atoms with E-state index < -0.39 is 12.0 Å². The highest BCUT2D eigenvalue weighted by atomic mass is 19.3. The van der Waals surface area contributed by atoms with Crippen LogP contribution in [0.1, 0.15) is 53.9 Å². The van der Waals surface area contributed by atoms with Gasteiger partial charge in [0.1, 0.15) is 0 Å². The van der Waals surface area contributed by atoms with Gasteiger partial charge in [0.15, 0.2) is 0 Å². The number of benzene rings is 1. The maximum atomic E-state index is 13.2. The lowest BCUT2D eigenvalue weighted by Gasteiger charge is -2.28. The van der Waals surface area contributed by atoms with Crippen LogP contribution in [-0.2, 0) is 0 Å². The monoisotopic (exact) mass is 338 g/mol. The van der Waals surface area contributed by atoms with E-state index in [1.54, 1.807) is 18.2 Å². The van der Waals surface area contributed by atoms with Crippen molar-refractivity contribution in [2.75, 3.05) is 0 Å². The van der Waals surface area contributed by atoms with E-state index in [-0.39, 0.29) is 49.6 Å². The Morgan fingerprint density at radius 2 is 1.88 bits per heavy atom. The molecular weight excluding hydrogens is 318 g/mol. The second kappa shape index (κ2) is 6.37. The zero-order valence-corrected chi connectivity index (χ0v) is 13.1. The van der Waals surface area contributed by atoms with Crippen LogP contribution in [0, 0.1) is 0 Å². The van der Waals surface area contributed by atoms with E-state index in [1.165, 1.54) is 0 Å². The minimum atomic E-state index is -2.61. The first-order valence-corrected chi connectivity index (χ1v) is 8.12. The number of carbonyl (C=O) groups excluding carboxylic acids is 1. The molecule has 0 heterocycles. The number of carbonyl (C=O) groups is 2. The molecule has 7 heteroatoms. The molecule has 0 spiro atoms. The van der Waals surface area contributed by atoms with E-state index in [2.05, 4.69) is 10.6 Å². The number of nitrogens with one attached hydrogen (secondary N) is 2. The third kappa shape index (κ3) is 4.01. The normalized spacial score (nSPS) is 25.8. The molecule has 1 aromatic rings. The quantitative estimate of drug-likeness (QED) is 0.789. The Kier molecular flexibility index (Phi) is 4.43. The fraction of sp³-hybridized carbons (Fsp3) is 0.529. The summed E-state index contributed by atoms with van der Waals surface area (Å²) < 4.78 is 26.3. The highest BCUT2D eigenvalue weighted by molar-refractivity contribution is 5.94. The molecule has 0 saturated heterocycles. The molecule has 24 heavy (non-hydrogen) atoms. The molecule has 2 fully saturated rings. The zero-order valence-electron chi connectivity index (χ0n) is 13.1. The van der Waals surface area contributed by atoms with E-state index in [4.69, 9.17) is 5.11 Å². The first-order chi connectivity index (χ1) is 11.3. The zero-order chi connectivity index (χ0) is 17.3. The molecule has 5 nitrogen and oxygen atoms in total. The minimum absolute atomic E-state index is 0.0854. The predicted octanol–water partition coefficient (Wildman–Crippen LogP) is 3.12. The third-order valence-electron chi connectivity index (χ3n) is 4.73. The minimum Gasteiger partial charge on any atom is -0.465 e. The average molecular weight is 338 g/mol. The van der Waals surface area contributed by atoms with Gasteiger partial charge in [-0.2, -0.15) is 0 Å². The van der Waals surface area contributed by atoms with E-state index >= 15 is 0 Å². The smallest absolute Gasteiger partial charge is 0.404 e. The van der Waals surface area contributed by atoms with Crippen molar-refractivity contribution in [3.05, 3.63) is 35.4 Å². The largest absolute Gasteiger partial charge is 0.465 e. The highest BCUT2D eigenvalue weighted by Gasteiger charge is 2.40. The number of halogens is 2. The summed E-state index contributed by atoms with van der Waals surface area (Å²) in [6.07, 6.45) is -0.150. The number of rotatable bonds is 4. The Hall–Kier alpha value is -2.18. The molecule has 0 aromatic heterocycles. The first-order valence-electron chi connectivity index (χ1n) is 8.12. The number of amides is 2. The predicted molar refractivity (Wildman–Crippen MR) is 83.4 cm³/mol. The maximum absolute atomic E-state index is 13.2. The summed E-state index contributed by atoms with van der Waals surface area (Å²) in [6, 6.07) is 6.73. The maximum Gasteiger partial charge on any atom is 0.404 e. The summed E-state index contributed by atoms with van der Waals surface area (Å²) in [5.74, 6) is -2.79. The number of hydrogen-bond donors (Lipinski definition) is 3. The van der Waals surface area contributed by atoms with Crippen LogP contribution < -0.4 is 10.6 Å². The third-order valence-corrected chi connectivity index (χ3v) is 4.73. The van der Waals surface area contributed by atoms with E-state index in [9.17, 15) is 18.4 Å². The summed E-state index contributed by atoms with van der Waals surface area (Å²) in [5.41, 5.74) is 1.39. The fourth-order valence-corrected chi connectivity index (χ4v) is 3.25. The Balaban J connectivity index is 1.58. The van der Waals surface area contributed by atoms with Crippen LogP contribution in [0.4, 0.5) is 13.6 Å². The van der Waals surface area contributed by atoms with Crippen LogP contribution in [0.15, 0.2) is 24.3 Å². The number of carboxylic acid groups (broad SMARTS) is 1. The summed E-state index contributed by atoms with van der Waals surface area (Å²) >= 11 is 0. The Morgan fingerprint density at radius 1 is 1.17 bits per heavy atom. The molecule has 2 aliphatic rings. The molecule has 1 aromatic carbocycles. The van der Waals surface area contributed by atoms with E-state index in [0.717, 1.165) is 12.0 Å². The second-order valence-corrected chi connectivity index (χ2v) is 6.63. The molecule has 2 aliphatic carbocycles. The lowest BCUT2D eigenvalue weighted by molar-refractivity contribution is -0.0399. The van der Waals surface area contributed by atoms with Crippen molar-refractivity contribution in [1.82, 2.24) is 10.6 Å². The van der Waals surface area contributed by atoms with Gasteiger partial charge in [-0.05, 0) is 37.0 Å². The Labute approximate surface area is 138 Å². The number of alkyl halides is 2. The standard InChI is InChI=1S/C17H20F2N2O3/c18-17(19)6-4-12(5-7-17)20-15(22)11-3-1-2-10(8-11)13-9-14(13)21-16(23)24/h1-3,8,12-14,21H,4-7,9H2,(H,20,22)(H,23,24). The average Bonchev–Trinajstić information content (AvgIpc) is 3.28. The highest BCUT2D eigenvalue weighted by Crippen LogP contribution is 2.41. The van der Waals surface area contributed by atoms with Crippen molar-refractivity contribution in [3.8, 4) is 0 Å². The van der Waals surface area contributed by atoms with Gasteiger partial charge in [0.2, 0.25) is 5.92 Å². The van der Waals surface area contributed by atoms with Crippen LogP contribution in [-0.4, -0.2) is 35.1 Å². The van der Waals surface area contributed by atoms with Gasteiger partial charge in [-0.25, -0.2) is 13.6 Å². The van der Waals surface area contributed by atoms with Crippen LogP contribution >= 0.6 is 0 Å². The van der Waals surface area contributed by atoms with Gasteiger partial charge in [-0.15, -0.1) is 0 Å². The summed E-state index contributed by atoms with van der Waals surface area (Å²) in [7, 11) is 0. The summed E-state index contributed by atoms with van der Waals surface area (Å²) in [5, 5.41) is 14.0. The molecule has 2 atom stereocenters. The first kappa shape index (κ1) is 16.7. The van der Waals surface area contributed by atoms with Gasteiger partial charge in [0.05, 0.1) is 0 Å². The molecular formula is C17H20F2N2O3. The van der Waals surface area contributed by atoms with Gasteiger partial charge in [0.25, 0.3) is 5.91 Å². The van der Waals surface area contributed by atoms with Gasteiger partial charge >= 0.3 is 6.09 Å². The van der Waals surface area contributed by atoms with Gasteiger partial charge in [-0.1, -0.05) is 12.1 Å². The van der Waals surface area contributed by atoms with Crippen LogP contribution in [0.25, 0.3) is 0 Å². The molecule has 2 amide bonds. The van der Waals surface area contributed by atoms with Crippen LogP contribution in [0.2, 0.25) is 0 Å². The van der Waals surface area contributed by atoms with Crippen LogP contribution in [0.5, 0.6) is 0 Å². The molecule has 3 rings (SSSR count). The lowest BCUT2D eigenvalue weighted by Crippen LogP contribution is -2.40. The fourth-order valence-electron chi connectivity index (χ4n) is 3.25. The Bertz CT molecular complexity index is 640. The topological polar surface area (TPSA) is 78.4 Å². The van der Waals surface area contributed by atoms with E-state index in [0.29, 0.717) is 5.56 Å². The van der Waals surface area contributed by atoms with Crippen molar-refractivity contribution in [3.63, 3.8) is 0 Å². The Morgan fingerprint density at radius 3 is 2.54 bits per heavy atom. The molecule has 2 unspecified atom stereocenters. The van der Waals surface area contributed by atoms with Crippen molar-refractivity contribution >= 4 is 12.0 Å². The second-order valence-electron chi connectivity index (χ2n) is 6.63. The molecule has 2 saturated carbocycles. The SMILES string of the molecule is O=C(O)NC1CC1c1cccc(C(=O)NC2CCC(F)(F)CC2)c1. The number of hydrogen-bond acceptors (Lipinski definition) is 2. The van der Waals surface area contributed by atoms with Crippen molar-refractivity contribution in [1.29, 1.82) is 0 Å². The van der Waals surface area contributed by atoms with Gasteiger partial charge < -0.3 is 15.7 Å². The van der Waals surface area contributed by atoms with Crippen molar-refractivity contribution in [2.24, 2.45) is 0 Å². The van der Waals surface area contributed by atoms with Gasteiger partial charge in [0, 0.05) is 36.4 Å². The van der Waals surface area contributed by atoms with Crippen molar-refractivity contribution < 1.29 is 23.5 Å². The van der Waals surface area contributed by atoms with E-state index in [1.807, 2.05) is 6.07 Å². The molecule has 0 aliphatic heterocycles. The van der Waals surface area contributed by atoms with Gasteiger partial charge in [-0.3, -0.25) is 4.79 Å². The summed E-state index contributed by atoms with van der Waals surface area (Å²) in [4.78, 5) is 23.0. The molecule has 3 N–H and O–H groups in total. The molecule has 0 radical (unpaired) electrons. The lowest BCUT2D eigenvalue weighted by atomic mass is 9.92. The summed E-state index contributed by atoms with van der Waals surface area (Å²) in [6.45, 7) is 0. The van der Waals surface area contributed by atoms with Crippen LogP contribution in [0.3, 0.4) is 0 Å². The van der Waals surface area contributed by atoms with Crippen molar-refractivity contribution in [2.45, 2.75) is 56.0 Å². The molecule has 130 valence electrons.